The summed E-state index contributed by atoms with van der Waals surface area (Å²) in [6, 6.07) is 2.32. The molecule has 3 N–H and O–H groups in total. The van der Waals surface area contributed by atoms with E-state index in [0.717, 1.165) is 28.6 Å². The number of nitrogens with zero attached hydrogens (tertiary/aromatic N) is 1. The van der Waals surface area contributed by atoms with Gasteiger partial charge in [-0.3, -0.25) is 0 Å². The number of nitrogens with two attached hydrogens (primary N) is 1. The Morgan fingerprint density at radius 2 is 2.33 bits per heavy atom. The molecule has 0 bridgehead atoms. The first-order valence-electron chi connectivity index (χ1n) is 5.20. The average molecular weight is 225 g/mol. The summed E-state index contributed by atoms with van der Waals surface area (Å²) in [7, 11) is 0. The number of pyridine rings is 1. The van der Waals surface area contributed by atoms with Crippen LogP contribution >= 0.6 is 11.8 Å². The van der Waals surface area contributed by atoms with Gasteiger partial charge in [-0.1, -0.05) is 6.92 Å². The predicted molar refractivity (Wildman–Crippen MR) is 69.5 cm³/mol. The van der Waals surface area contributed by atoms with Gasteiger partial charge in [0.25, 0.3) is 0 Å². The maximum absolute atomic E-state index is 5.93. The first-order valence-corrected chi connectivity index (χ1v) is 6.36. The van der Waals surface area contributed by atoms with Crippen molar-refractivity contribution in [3.8, 4) is 0 Å². The van der Waals surface area contributed by atoms with Gasteiger partial charge in [0.05, 0.1) is 5.69 Å². The standard InChI is InChI=1S/C11H19N3S/c1-4-15-7-9(3)14-11-10(12)8(2)5-6-13-11/h5-6,9H,4,7,12H2,1-3H3,(H,13,14). The number of hydrogen-bond acceptors (Lipinski definition) is 4. The number of rotatable bonds is 5. The number of hydrogen-bond donors (Lipinski definition) is 2. The first kappa shape index (κ1) is 12.2. The van der Waals surface area contributed by atoms with Crippen LogP contribution in [0.1, 0.15) is 19.4 Å². The van der Waals surface area contributed by atoms with E-state index in [9.17, 15) is 0 Å². The number of nitrogen functional groups attached to an aromatic ring is 1. The van der Waals surface area contributed by atoms with Crippen molar-refractivity contribution in [1.29, 1.82) is 0 Å². The fourth-order valence-electron chi connectivity index (χ4n) is 1.25. The molecule has 1 heterocycles. The summed E-state index contributed by atoms with van der Waals surface area (Å²) in [6.45, 7) is 6.30. The Morgan fingerprint density at radius 3 is 3.00 bits per heavy atom. The lowest BCUT2D eigenvalue weighted by Crippen LogP contribution is -2.20. The van der Waals surface area contributed by atoms with Crippen LogP contribution in [0.3, 0.4) is 0 Å². The highest BCUT2D eigenvalue weighted by molar-refractivity contribution is 7.99. The molecule has 0 saturated heterocycles. The third kappa shape index (κ3) is 3.63. The van der Waals surface area contributed by atoms with Crippen molar-refractivity contribution in [1.82, 2.24) is 4.98 Å². The number of aryl methyl sites for hydroxylation is 1. The van der Waals surface area contributed by atoms with Crippen molar-refractivity contribution >= 4 is 23.3 Å². The summed E-state index contributed by atoms with van der Waals surface area (Å²) in [4.78, 5) is 4.24. The van der Waals surface area contributed by atoms with Crippen LogP contribution in [0.2, 0.25) is 0 Å². The second-order valence-corrected chi connectivity index (χ2v) is 4.91. The van der Waals surface area contributed by atoms with Gasteiger partial charge < -0.3 is 11.1 Å². The molecule has 0 saturated carbocycles. The minimum atomic E-state index is 0.395. The van der Waals surface area contributed by atoms with Crippen LogP contribution in [0.4, 0.5) is 11.5 Å². The van der Waals surface area contributed by atoms with Gasteiger partial charge in [-0.15, -0.1) is 0 Å². The Kier molecular flexibility index (Phi) is 4.75. The molecule has 1 aromatic heterocycles. The zero-order chi connectivity index (χ0) is 11.3. The van der Waals surface area contributed by atoms with E-state index in [2.05, 4.69) is 24.1 Å². The van der Waals surface area contributed by atoms with Crippen LogP contribution in [0.15, 0.2) is 12.3 Å². The van der Waals surface area contributed by atoms with Crippen molar-refractivity contribution in [3.63, 3.8) is 0 Å². The van der Waals surface area contributed by atoms with Crippen LogP contribution in [-0.2, 0) is 0 Å². The maximum Gasteiger partial charge on any atom is 0.149 e. The smallest absolute Gasteiger partial charge is 0.149 e. The van der Waals surface area contributed by atoms with E-state index < -0.39 is 0 Å². The molecule has 84 valence electrons. The number of nitrogens with one attached hydrogen (secondary N) is 1. The summed E-state index contributed by atoms with van der Waals surface area (Å²) >= 11 is 1.91. The molecule has 0 radical (unpaired) electrons. The molecule has 0 aliphatic carbocycles. The minimum absolute atomic E-state index is 0.395. The first-order chi connectivity index (χ1) is 7.15. The summed E-state index contributed by atoms with van der Waals surface area (Å²) in [5.41, 5.74) is 7.76. The molecule has 4 heteroatoms. The highest BCUT2D eigenvalue weighted by atomic mass is 32.2. The van der Waals surface area contributed by atoms with E-state index in [-0.39, 0.29) is 0 Å². The van der Waals surface area contributed by atoms with Crippen molar-refractivity contribution < 1.29 is 0 Å². The fraction of sp³-hybridized carbons (Fsp3) is 0.545. The van der Waals surface area contributed by atoms with Gasteiger partial charge in [0, 0.05) is 18.0 Å². The Labute approximate surface area is 95.9 Å². The van der Waals surface area contributed by atoms with Crippen molar-refractivity contribution in [2.45, 2.75) is 26.8 Å². The van der Waals surface area contributed by atoms with Gasteiger partial charge in [0.1, 0.15) is 5.82 Å². The van der Waals surface area contributed by atoms with Crippen LogP contribution in [0, 0.1) is 6.92 Å². The highest BCUT2D eigenvalue weighted by Gasteiger charge is 2.06. The Bertz CT molecular complexity index is 315. The quantitative estimate of drug-likeness (QED) is 0.808. The van der Waals surface area contributed by atoms with Crippen LogP contribution in [0.5, 0.6) is 0 Å². The molecule has 0 aliphatic heterocycles. The van der Waals surface area contributed by atoms with E-state index in [1.807, 2.05) is 24.8 Å². The molecule has 0 fully saturated rings. The Balaban J connectivity index is 2.60. The normalized spacial score (nSPS) is 12.5. The number of anilines is 2. The van der Waals surface area contributed by atoms with Crippen molar-refractivity contribution in [2.24, 2.45) is 0 Å². The van der Waals surface area contributed by atoms with Gasteiger partial charge in [-0.05, 0) is 31.2 Å². The Hall–Kier alpha value is -0.900. The zero-order valence-electron chi connectivity index (χ0n) is 9.58. The number of thioether (sulfide) groups is 1. The van der Waals surface area contributed by atoms with Gasteiger partial charge in [0.15, 0.2) is 0 Å². The summed E-state index contributed by atoms with van der Waals surface area (Å²) in [5.74, 6) is 3.02. The lowest BCUT2D eigenvalue weighted by Gasteiger charge is -2.15. The molecule has 0 amide bonds. The Morgan fingerprint density at radius 1 is 1.60 bits per heavy atom. The highest BCUT2D eigenvalue weighted by Crippen LogP contribution is 2.20. The molecular formula is C11H19N3S. The van der Waals surface area contributed by atoms with Crippen LogP contribution < -0.4 is 11.1 Å². The molecule has 3 nitrogen and oxygen atoms in total. The van der Waals surface area contributed by atoms with Crippen molar-refractivity contribution in [3.05, 3.63) is 17.8 Å². The molecule has 0 spiro atoms. The second-order valence-electron chi connectivity index (χ2n) is 3.59. The van der Waals surface area contributed by atoms with E-state index in [1.54, 1.807) is 6.20 Å². The summed E-state index contributed by atoms with van der Waals surface area (Å²) in [6.07, 6.45) is 1.79. The monoisotopic (exact) mass is 225 g/mol. The zero-order valence-corrected chi connectivity index (χ0v) is 10.4. The molecule has 15 heavy (non-hydrogen) atoms. The topological polar surface area (TPSA) is 50.9 Å². The lowest BCUT2D eigenvalue weighted by atomic mass is 10.2. The maximum atomic E-state index is 5.93. The molecule has 0 aliphatic rings. The van der Waals surface area contributed by atoms with Crippen molar-refractivity contribution in [2.75, 3.05) is 22.6 Å². The SMILES string of the molecule is CCSCC(C)Nc1nccc(C)c1N. The third-order valence-corrected chi connectivity index (χ3v) is 3.31. The molecular weight excluding hydrogens is 206 g/mol. The molecule has 1 aromatic rings. The van der Waals surface area contributed by atoms with E-state index in [0.29, 0.717) is 6.04 Å². The summed E-state index contributed by atoms with van der Waals surface area (Å²) < 4.78 is 0. The molecule has 1 rings (SSSR count). The van der Waals surface area contributed by atoms with Gasteiger partial charge in [-0.2, -0.15) is 11.8 Å². The van der Waals surface area contributed by atoms with Crippen LogP contribution in [-0.4, -0.2) is 22.5 Å². The summed E-state index contributed by atoms with van der Waals surface area (Å²) in [5, 5.41) is 3.33. The van der Waals surface area contributed by atoms with Crippen LogP contribution in [0.25, 0.3) is 0 Å². The lowest BCUT2D eigenvalue weighted by molar-refractivity contribution is 0.902. The average Bonchev–Trinajstić information content (AvgIpc) is 2.22. The molecule has 0 aromatic carbocycles. The van der Waals surface area contributed by atoms with Gasteiger partial charge in [-0.25, -0.2) is 4.98 Å². The van der Waals surface area contributed by atoms with Gasteiger partial charge >= 0.3 is 0 Å². The minimum Gasteiger partial charge on any atom is -0.396 e. The fourth-order valence-corrected chi connectivity index (χ4v) is 1.93. The molecule has 1 atom stereocenters. The van der Waals surface area contributed by atoms with E-state index in [4.69, 9.17) is 5.73 Å². The third-order valence-electron chi connectivity index (χ3n) is 2.16. The largest absolute Gasteiger partial charge is 0.396 e. The van der Waals surface area contributed by atoms with E-state index >= 15 is 0 Å². The number of aromatic nitrogens is 1. The molecule has 1 unspecified atom stereocenters. The van der Waals surface area contributed by atoms with Gasteiger partial charge in [0.2, 0.25) is 0 Å². The van der Waals surface area contributed by atoms with E-state index in [1.165, 1.54) is 0 Å². The second kappa shape index (κ2) is 5.85. The predicted octanol–water partition coefficient (Wildman–Crippen LogP) is 2.53.